The van der Waals surface area contributed by atoms with E-state index >= 15 is 0 Å². The van der Waals surface area contributed by atoms with Gasteiger partial charge in [0, 0.05) is 12.6 Å². The molecule has 1 rings (SSSR count). The lowest BCUT2D eigenvalue weighted by Crippen LogP contribution is -2.43. The van der Waals surface area contributed by atoms with E-state index in [4.69, 9.17) is 0 Å². The first-order chi connectivity index (χ1) is 6.79. The smallest absolute Gasteiger partial charge is 0.386 e. The molecule has 0 saturated heterocycles. The largest absolute Gasteiger partial charge is 0.411 e. The van der Waals surface area contributed by atoms with Crippen molar-refractivity contribution < 1.29 is 23.0 Å². The average molecular weight is 227 g/mol. The molecule has 0 aliphatic heterocycles. The number of hydrogen-bond acceptors (Lipinski definition) is 3. The van der Waals surface area contributed by atoms with Crippen LogP contribution in [0.4, 0.5) is 13.2 Å². The first-order valence-corrected chi connectivity index (χ1v) is 4.89. The maximum Gasteiger partial charge on any atom is 0.411 e. The Kier molecular flexibility index (Phi) is 3.97. The summed E-state index contributed by atoms with van der Waals surface area (Å²) in [6, 6.07) is 0.416. The van der Waals surface area contributed by atoms with Gasteiger partial charge in [0.15, 0.2) is 0 Å². The third-order valence-corrected chi connectivity index (χ3v) is 2.03. The van der Waals surface area contributed by atoms with Gasteiger partial charge in [-0.3, -0.25) is 0 Å². The van der Waals surface area contributed by atoms with E-state index in [0.717, 1.165) is 12.8 Å². The predicted octanol–water partition coefficient (Wildman–Crippen LogP) is 1.07. The monoisotopic (exact) mass is 227 g/mol. The molecule has 0 aromatic rings. The van der Waals surface area contributed by atoms with Crippen LogP contribution in [-0.4, -0.2) is 42.7 Å². The molecule has 1 saturated carbocycles. The van der Waals surface area contributed by atoms with Gasteiger partial charge in [-0.25, -0.2) is 0 Å². The standard InChI is InChI=1S/C9H16F3NO2/c1-8(14,4-13-7-2-3-7)5-15-6-9(10,11)12/h7,13-14H,2-6H2,1H3. The summed E-state index contributed by atoms with van der Waals surface area (Å²) in [6.45, 7) is 0.0904. The first-order valence-electron chi connectivity index (χ1n) is 4.89. The number of hydrogen-bond donors (Lipinski definition) is 2. The lowest BCUT2D eigenvalue weighted by atomic mass is 10.1. The summed E-state index contributed by atoms with van der Waals surface area (Å²) in [5.74, 6) is 0. The summed E-state index contributed by atoms with van der Waals surface area (Å²) in [6.07, 6.45) is -2.20. The molecule has 6 heteroatoms. The molecule has 1 aliphatic rings. The lowest BCUT2D eigenvalue weighted by Gasteiger charge is -2.23. The third kappa shape index (κ3) is 6.70. The van der Waals surface area contributed by atoms with Crippen molar-refractivity contribution in [2.24, 2.45) is 0 Å². The highest BCUT2D eigenvalue weighted by Gasteiger charge is 2.31. The molecule has 3 nitrogen and oxygen atoms in total. The molecule has 1 atom stereocenters. The highest BCUT2D eigenvalue weighted by Crippen LogP contribution is 2.20. The summed E-state index contributed by atoms with van der Waals surface area (Å²) in [4.78, 5) is 0. The Balaban J connectivity index is 2.11. The van der Waals surface area contributed by atoms with Crippen LogP contribution in [0, 0.1) is 0 Å². The van der Waals surface area contributed by atoms with E-state index in [-0.39, 0.29) is 13.2 Å². The fourth-order valence-electron chi connectivity index (χ4n) is 1.09. The minimum Gasteiger partial charge on any atom is -0.386 e. The number of rotatable bonds is 6. The molecule has 15 heavy (non-hydrogen) atoms. The Morgan fingerprint density at radius 3 is 2.40 bits per heavy atom. The number of aliphatic hydroxyl groups is 1. The fraction of sp³-hybridized carbons (Fsp3) is 1.00. The zero-order valence-electron chi connectivity index (χ0n) is 8.60. The first kappa shape index (κ1) is 12.7. The number of halogens is 3. The predicted molar refractivity (Wildman–Crippen MR) is 48.5 cm³/mol. The van der Waals surface area contributed by atoms with E-state index in [0.29, 0.717) is 6.04 Å². The minimum absolute atomic E-state index is 0.259. The van der Waals surface area contributed by atoms with Crippen LogP contribution >= 0.6 is 0 Å². The maximum atomic E-state index is 11.7. The van der Waals surface area contributed by atoms with Crippen LogP contribution in [0.2, 0.25) is 0 Å². The molecule has 0 bridgehead atoms. The Bertz CT molecular complexity index is 202. The Labute approximate surface area is 86.6 Å². The molecule has 2 N–H and O–H groups in total. The molecule has 0 heterocycles. The van der Waals surface area contributed by atoms with Gasteiger partial charge in [0.1, 0.15) is 6.61 Å². The normalized spacial score (nSPS) is 21.4. The van der Waals surface area contributed by atoms with E-state index in [2.05, 4.69) is 10.1 Å². The highest BCUT2D eigenvalue weighted by molar-refractivity contribution is 4.85. The van der Waals surface area contributed by atoms with Gasteiger partial charge in [0.2, 0.25) is 0 Å². The minimum atomic E-state index is -4.33. The summed E-state index contributed by atoms with van der Waals surface area (Å²) < 4.78 is 39.6. The second-order valence-electron chi connectivity index (χ2n) is 4.26. The Morgan fingerprint density at radius 2 is 1.93 bits per heavy atom. The molecular formula is C9H16F3NO2. The molecule has 0 amide bonds. The van der Waals surface area contributed by atoms with E-state index in [1.807, 2.05) is 0 Å². The summed E-state index contributed by atoms with van der Waals surface area (Å²) in [5, 5.41) is 12.7. The van der Waals surface area contributed by atoms with Gasteiger partial charge >= 0.3 is 6.18 Å². The van der Waals surface area contributed by atoms with Crippen LogP contribution in [0.25, 0.3) is 0 Å². The lowest BCUT2D eigenvalue weighted by molar-refractivity contribution is -0.185. The van der Waals surface area contributed by atoms with E-state index in [1.54, 1.807) is 0 Å². The van der Waals surface area contributed by atoms with Crippen molar-refractivity contribution in [1.82, 2.24) is 5.32 Å². The summed E-state index contributed by atoms with van der Waals surface area (Å²) in [5.41, 5.74) is -1.24. The van der Waals surface area contributed by atoms with Crippen LogP contribution in [0.3, 0.4) is 0 Å². The van der Waals surface area contributed by atoms with Crippen LogP contribution in [-0.2, 0) is 4.74 Å². The average Bonchev–Trinajstić information content (AvgIpc) is 2.80. The van der Waals surface area contributed by atoms with Gasteiger partial charge in [-0.2, -0.15) is 13.2 Å². The Morgan fingerprint density at radius 1 is 1.33 bits per heavy atom. The highest BCUT2D eigenvalue weighted by atomic mass is 19.4. The SMILES string of the molecule is CC(O)(CNC1CC1)COCC(F)(F)F. The van der Waals surface area contributed by atoms with Crippen molar-refractivity contribution in [2.45, 2.75) is 37.6 Å². The quantitative estimate of drug-likeness (QED) is 0.713. The van der Waals surface area contributed by atoms with Gasteiger partial charge in [-0.15, -0.1) is 0 Å². The van der Waals surface area contributed by atoms with Crippen LogP contribution in [0.5, 0.6) is 0 Å². The van der Waals surface area contributed by atoms with Crippen molar-refractivity contribution in [3.63, 3.8) is 0 Å². The van der Waals surface area contributed by atoms with Crippen molar-refractivity contribution in [3.8, 4) is 0 Å². The van der Waals surface area contributed by atoms with Crippen LogP contribution < -0.4 is 5.32 Å². The molecule has 0 aromatic carbocycles. The molecule has 1 unspecified atom stereocenters. The number of nitrogens with one attached hydrogen (secondary N) is 1. The van der Waals surface area contributed by atoms with Gasteiger partial charge in [-0.05, 0) is 19.8 Å². The molecule has 0 spiro atoms. The van der Waals surface area contributed by atoms with E-state index in [1.165, 1.54) is 6.92 Å². The van der Waals surface area contributed by atoms with Gasteiger partial charge in [-0.1, -0.05) is 0 Å². The van der Waals surface area contributed by atoms with Gasteiger partial charge in [0.05, 0.1) is 12.2 Å². The zero-order valence-corrected chi connectivity index (χ0v) is 8.60. The molecular weight excluding hydrogens is 211 g/mol. The molecule has 0 aromatic heterocycles. The Hall–Kier alpha value is -0.330. The van der Waals surface area contributed by atoms with Gasteiger partial charge in [0.25, 0.3) is 0 Å². The number of alkyl halides is 3. The second kappa shape index (κ2) is 4.67. The number of ether oxygens (including phenoxy) is 1. The van der Waals surface area contributed by atoms with E-state index < -0.39 is 18.4 Å². The van der Waals surface area contributed by atoms with Crippen LogP contribution in [0.15, 0.2) is 0 Å². The third-order valence-electron chi connectivity index (χ3n) is 2.03. The fourth-order valence-corrected chi connectivity index (χ4v) is 1.09. The zero-order chi connectivity index (χ0) is 11.5. The summed E-state index contributed by atoms with van der Waals surface area (Å²) >= 11 is 0. The van der Waals surface area contributed by atoms with Gasteiger partial charge < -0.3 is 15.2 Å². The van der Waals surface area contributed by atoms with Crippen molar-refractivity contribution in [2.75, 3.05) is 19.8 Å². The van der Waals surface area contributed by atoms with Crippen molar-refractivity contribution >= 4 is 0 Å². The molecule has 1 fully saturated rings. The maximum absolute atomic E-state index is 11.7. The van der Waals surface area contributed by atoms with Crippen LogP contribution in [0.1, 0.15) is 19.8 Å². The summed E-state index contributed by atoms with van der Waals surface area (Å²) in [7, 11) is 0. The second-order valence-corrected chi connectivity index (χ2v) is 4.26. The van der Waals surface area contributed by atoms with Crippen molar-refractivity contribution in [1.29, 1.82) is 0 Å². The van der Waals surface area contributed by atoms with E-state index in [9.17, 15) is 18.3 Å². The van der Waals surface area contributed by atoms with Crippen molar-refractivity contribution in [3.05, 3.63) is 0 Å². The molecule has 1 aliphatic carbocycles. The molecule has 0 radical (unpaired) electrons. The molecule has 90 valence electrons. The topological polar surface area (TPSA) is 41.5 Å².